The van der Waals surface area contributed by atoms with Crippen molar-refractivity contribution in [3.63, 3.8) is 0 Å². The first-order valence-electron chi connectivity index (χ1n) is 20.6. The van der Waals surface area contributed by atoms with Gasteiger partial charge in [-0.3, -0.25) is 0 Å². The molecule has 0 bridgehead atoms. The van der Waals surface area contributed by atoms with Gasteiger partial charge in [-0.1, -0.05) is 182 Å². The smallest absolute Gasteiger partial charge is 0.0541 e. The number of hydrogen-bond acceptors (Lipinski definition) is 1. The van der Waals surface area contributed by atoms with Crippen molar-refractivity contribution in [2.24, 2.45) is 0 Å². The van der Waals surface area contributed by atoms with Crippen molar-refractivity contribution in [1.29, 1.82) is 0 Å². The summed E-state index contributed by atoms with van der Waals surface area (Å²) in [6.45, 7) is 0. The van der Waals surface area contributed by atoms with Crippen molar-refractivity contribution in [2.75, 3.05) is 4.90 Å². The predicted molar refractivity (Wildman–Crippen MR) is 255 cm³/mol. The van der Waals surface area contributed by atoms with Gasteiger partial charge in [0.05, 0.1) is 16.7 Å². The third-order valence-electron chi connectivity index (χ3n) is 11.8. The Bertz CT molecular complexity index is 3250. The van der Waals surface area contributed by atoms with Crippen LogP contribution in [0.4, 0.5) is 17.1 Å². The highest BCUT2D eigenvalue weighted by Gasteiger charge is 2.19. The second-order valence-corrected chi connectivity index (χ2v) is 15.3. The van der Waals surface area contributed by atoms with Crippen LogP contribution in [0.2, 0.25) is 0 Å². The van der Waals surface area contributed by atoms with Crippen LogP contribution in [0.25, 0.3) is 82.8 Å². The number of anilines is 3. The minimum Gasteiger partial charge on any atom is -0.310 e. The molecular weight excluding hydrogens is 725 g/mol. The molecule has 0 atom stereocenters. The number of fused-ring (bicyclic) bond motifs is 4. The van der Waals surface area contributed by atoms with E-state index in [1.54, 1.807) is 0 Å². The monoisotopic (exact) mass is 764 g/mol. The number of nitrogens with zero attached hydrogens (tertiary/aromatic N) is 2. The number of hydrogen-bond donors (Lipinski definition) is 0. The van der Waals surface area contributed by atoms with Crippen molar-refractivity contribution in [3.05, 3.63) is 243 Å². The molecule has 0 aliphatic heterocycles. The maximum atomic E-state index is 2.42. The third-order valence-corrected chi connectivity index (χ3v) is 11.8. The van der Waals surface area contributed by atoms with E-state index in [9.17, 15) is 0 Å². The van der Waals surface area contributed by atoms with Gasteiger partial charge in [0.25, 0.3) is 0 Å². The zero-order valence-corrected chi connectivity index (χ0v) is 33.0. The molecule has 0 saturated carbocycles. The van der Waals surface area contributed by atoms with Crippen molar-refractivity contribution in [3.8, 4) is 50.2 Å². The highest BCUT2D eigenvalue weighted by Crippen LogP contribution is 2.42. The summed E-state index contributed by atoms with van der Waals surface area (Å²) in [5.74, 6) is 0. The van der Waals surface area contributed by atoms with Crippen LogP contribution in [0, 0.1) is 0 Å². The van der Waals surface area contributed by atoms with Gasteiger partial charge in [-0.05, 0) is 110 Å². The van der Waals surface area contributed by atoms with Crippen LogP contribution in [-0.2, 0) is 0 Å². The van der Waals surface area contributed by atoms with Gasteiger partial charge in [0.15, 0.2) is 0 Å². The summed E-state index contributed by atoms with van der Waals surface area (Å²) in [5.41, 5.74) is 16.4. The lowest BCUT2D eigenvalue weighted by Crippen LogP contribution is -2.10. The van der Waals surface area contributed by atoms with Gasteiger partial charge < -0.3 is 9.47 Å². The molecular formula is C58H40N2. The Morgan fingerprint density at radius 2 is 0.767 bits per heavy atom. The Balaban J connectivity index is 1.00. The summed E-state index contributed by atoms with van der Waals surface area (Å²) in [7, 11) is 0. The second-order valence-electron chi connectivity index (χ2n) is 15.3. The van der Waals surface area contributed by atoms with Gasteiger partial charge in [-0.25, -0.2) is 0 Å². The van der Waals surface area contributed by atoms with Gasteiger partial charge in [-0.2, -0.15) is 0 Å². The van der Waals surface area contributed by atoms with Crippen LogP contribution in [0.15, 0.2) is 243 Å². The molecule has 0 aliphatic carbocycles. The zero-order chi connectivity index (χ0) is 39.8. The van der Waals surface area contributed by atoms with Gasteiger partial charge in [-0.15, -0.1) is 0 Å². The van der Waals surface area contributed by atoms with Gasteiger partial charge >= 0.3 is 0 Å². The largest absolute Gasteiger partial charge is 0.310 e. The summed E-state index contributed by atoms with van der Waals surface area (Å²) in [5, 5.41) is 5.01. The van der Waals surface area contributed by atoms with E-state index in [-0.39, 0.29) is 0 Å². The Morgan fingerprint density at radius 1 is 0.267 bits per heavy atom. The molecule has 10 aromatic carbocycles. The van der Waals surface area contributed by atoms with E-state index in [4.69, 9.17) is 0 Å². The molecule has 0 spiro atoms. The molecule has 0 aliphatic rings. The Kier molecular flexibility index (Phi) is 8.87. The lowest BCUT2D eigenvalue weighted by molar-refractivity contribution is 1.18. The molecule has 0 unspecified atom stereocenters. The minimum absolute atomic E-state index is 1.09. The highest BCUT2D eigenvalue weighted by molar-refractivity contribution is 6.10. The average Bonchev–Trinajstić information content (AvgIpc) is 3.66. The van der Waals surface area contributed by atoms with Crippen molar-refractivity contribution >= 4 is 49.6 Å². The Morgan fingerprint density at radius 3 is 1.48 bits per heavy atom. The molecule has 1 aromatic heterocycles. The SMILES string of the molecule is c1ccc(-c2cccc(N(c3ccc(-c4ccc5ccccc5c4)cc3)c3ccc(-c4ccccc4-c4ccccc4-n4c5ccccc5c5ccccc54)cc3)c2)cc1. The third kappa shape index (κ3) is 6.32. The fraction of sp³-hybridized carbons (Fsp3) is 0. The molecule has 11 rings (SSSR count). The molecule has 0 amide bonds. The molecule has 0 saturated heterocycles. The van der Waals surface area contributed by atoms with E-state index in [2.05, 4.69) is 252 Å². The summed E-state index contributed by atoms with van der Waals surface area (Å²) < 4.78 is 2.42. The quantitative estimate of drug-likeness (QED) is 0.150. The van der Waals surface area contributed by atoms with E-state index >= 15 is 0 Å². The molecule has 282 valence electrons. The zero-order valence-electron chi connectivity index (χ0n) is 33.0. The molecule has 0 radical (unpaired) electrons. The summed E-state index contributed by atoms with van der Waals surface area (Å²) in [6.07, 6.45) is 0. The summed E-state index contributed by atoms with van der Waals surface area (Å²) >= 11 is 0. The van der Waals surface area contributed by atoms with Gasteiger partial charge in [0.1, 0.15) is 0 Å². The minimum atomic E-state index is 1.09. The highest BCUT2D eigenvalue weighted by atomic mass is 15.1. The van der Waals surface area contributed by atoms with Crippen LogP contribution in [0.3, 0.4) is 0 Å². The van der Waals surface area contributed by atoms with Crippen LogP contribution >= 0.6 is 0 Å². The van der Waals surface area contributed by atoms with Crippen LogP contribution in [-0.4, -0.2) is 4.57 Å². The molecule has 11 aromatic rings. The fourth-order valence-corrected chi connectivity index (χ4v) is 8.91. The maximum Gasteiger partial charge on any atom is 0.0541 e. The number of rotatable bonds is 8. The first-order valence-corrected chi connectivity index (χ1v) is 20.6. The van der Waals surface area contributed by atoms with Crippen molar-refractivity contribution in [1.82, 2.24) is 4.57 Å². The number of aromatic nitrogens is 1. The number of para-hydroxylation sites is 3. The van der Waals surface area contributed by atoms with Gasteiger partial charge in [0.2, 0.25) is 0 Å². The Hall–Kier alpha value is -7.94. The van der Waals surface area contributed by atoms with E-state index < -0.39 is 0 Å². The average molecular weight is 765 g/mol. The van der Waals surface area contributed by atoms with E-state index in [1.807, 2.05) is 0 Å². The lowest BCUT2D eigenvalue weighted by atomic mass is 9.93. The van der Waals surface area contributed by atoms with E-state index in [1.165, 1.54) is 71.5 Å². The Labute approximate surface area is 350 Å². The standard InChI is InChI=1S/C58H40N2/c1-2-15-41(16-3-1)46-19-14-20-50(40-46)59(48-35-31-43(32-36-48)47-30-29-42-17-4-5-18-45(42)39-47)49-37-33-44(34-38-49)51-21-6-7-22-52(51)53-23-8-11-26-56(53)60-57-27-12-9-24-54(57)55-25-10-13-28-58(55)60/h1-40H. The van der Waals surface area contributed by atoms with Crippen molar-refractivity contribution < 1.29 is 0 Å². The first kappa shape index (κ1) is 35.2. The molecule has 0 N–H and O–H groups in total. The molecule has 60 heavy (non-hydrogen) atoms. The second kappa shape index (κ2) is 15.1. The fourth-order valence-electron chi connectivity index (χ4n) is 8.91. The van der Waals surface area contributed by atoms with E-state index in [0.717, 1.165) is 28.3 Å². The number of benzene rings is 10. The molecule has 0 fully saturated rings. The molecule has 1 heterocycles. The topological polar surface area (TPSA) is 8.17 Å². The molecule has 2 heteroatoms. The van der Waals surface area contributed by atoms with Crippen molar-refractivity contribution in [2.45, 2.75) is 0 Å². The van der Waals surface area contributed by atoms with Crippen LogP contribution in [0.1, 0.15) is 0 Å². The summed E-state index contributed by atoms with van der Waals surface area (Å²) in [6, 6.07) is 87.8. The van der Waals surface area contributed by atoms with Crippen LogP contribution in [0.5, 0.6) is 0 Å². The van der Waals surface area contributed by atoms with Gasteiger partial charge in [0, 0.05) is 33.4 Å². The van der Waals surface area contributed by atoms with E-state index in [0.29, 0.717) is 0 Å². The lowest BCUT2D eigenvalue weighted by Gasteiger charge is -2.26. The maximum absolute atomic E-state index is 2.42. The first-order chi connectivity index (χ1) is 29.8. The van der Waals surface area contributed by atoms with Crippen LogP contribution < -0.4 is 4.90 Å². The molecule has 2 nitrogen and oxygen atoms in total. The normalized spacial score (nSPS) is 11.3. The summed E-state index contributed by atoms with van der Waals surface area (Å²) in [4.78, 5) is 2.36. The predicted octanol–water partition coefficient (Wildman–Crippen LogP) is 16.1.